The molecule has 0 fully saturated rings. The molecular weight excluding hydrogens is 1640 g/mol. The van der Waals surface area contributed by atoms with E-state index in [1.54, 1.807) is 62.4 Å². The maximum atomic E-state index is 12.7. The van der Waals surface area contributed by atoms with Crippen LogP contribution in [0.25, 0.3) is 0 Å². The molecule has 45 heteroatoms. The Bertz CT molecular complexity index is 4460. The number of sulfone groups is 1. The zero-order valence-corrected chi connectivity index (χ0v) is 75.7. The topological polar surface area (TPSA) is 625 Å². The number of aromatic hydroxyl groups is 2. The molecule has 6 aromatic rings. The molecule has 7 rings (SSSR count). The van der Waals surface area contributed by atoms with Gasteiger partial charge in [0.1, 0.15) is 47.1 Å². The van der Waals surface area contributed by atoms with Crippen molar-refractivity contribution < 1.29 is 125 Å². The lowest BCUT2D eigenvalue weighted by Crippen LogP contribution is -2.32. The van der Waals surface area contributed by atoms with Crippen molar-refractivity contribution in [1.82, 2.24) is 51.0 Å². The van der Waals surface area contributed by atoms with Crippen molar-refractivity contribution in [1.29, 1.82) is 0 Å². The predicted octanol–water partition coefficient (Wildman–Crippen LogP) is 11.2. The number of nitrogens with zero attached hydrogens (tertiary/aromatic N) is 8. The quantitative estimate of drug-likeness (QED) is 0.0204. The van der Waals surface area contributed by atoms with Crippen LogP contribution in [0.3, 0.4) is 0 Å². The highest BCUT2D eigenvalue weighted by Crippen LogP contribution is 2.40. The number of aromatic carboxylic acids is 2. The molecule has 0 aliphatic carbocycles. The van der Waals surface area contributed by atoms with Gasteiger partial charge in [0.2, 0.25) is 27.7 Å². The number of carbonyl (C=O) groups is 7. The number of Topliss-reactive ketones (excluding diaryl/α,β-unsaturated/α-hetero) is 1. The summed E-state index contributed by atoms with van der Waals surface area (Å²) in [7, 11) is -11.3. The lowest BCUT2D eigenvalue weighted by atomic mass is 10.0. The Hall–Kier alpha value is -9.91. The van der Waals surface area contributed by atoms with Crippen LogP contribution in [0.5, 0.6) is 11.5 Å². The summed E-state index contributed by atoms with van der Waals surface area (Å²) < 4.78 is 127. The van der Waals surface area contributed by atoms with Gasteiger partial charge in [-0.15, -0.1) is 15.3 Å². The van der Waals surface area contributed by atoms with Gasteiger partial charge in [0.05, 0.1) is 41.5 Å². The van der Waals surface area contributed by atoms with E-state index < -0.39 is 100 Å². The highest BCUT2D eigenvalue weighted by atomic mass is 32.2. The number of carboxylic acid groups (broad SMARTS) is 3. The van der Waals surface area contributed by atoms with Gasteiger partial charge in [0.25, 0.3) is 10.1 Å². The third kappa shape index (κ3) is 59.7. The number of amides is 2. The molecule has 2 amide bonds. The second kappa shape index (κ2) is 59.7. The molecule has 11 N–H and O–H groups in total. The minimum Gasteiger partial charge on any atom is -0.508 e. The molecule has 0 saturated carbocycles. The molecule has 6 heterocycles. The predicted molar refractivity (Wildman–Crippen MR) is 440 cm³/mol. The molecule has 1 unspecified atom stereocenters. The summed E-state index contributed by atoms with van der Waals surface area (Å²) in [4.78, 5) is 113. The number of hydrogen-bond donors (Lipinski definition) is 11. The lowest BCUT2D eigenvalue weighted by molar-refractivity contribution is -0.140. The minimum atomic E-state index is -3.74. The Kier molecular flexibility index (Phi) is 60.2. The SMILES string of the molecule is CC(C)C(=O)C1=NC=NC1.CC(C)C(=O)NS(C)(=O)=O.CC(C)C(=O)O.CC(C)P(C)(=O)O.CC(C)S(=O)(=O)CC=O.CC(C)S(=O)(=O)O.CC(C)c1cc(C(=O)O)no1.CC(C)c1cc(F)c(O)c(F)c1.CC(C)c1cc(O)cc(=O)o1.CC(C)c1cnc(C(=O)O)o1.CC(C)c1n[nH]c(=O)o1.CC(C)c1nn[nH]n1.CNC(=O)C(C)C. The van der Waals surface area contributed by atoms with E-state index >= 15 is 0 Å². The van der Waals surface area contributed by atoms with E-state index in [1.807, 2.05) is 116 Å². The highest BCUT2D eigenvalue weighted by Gasteiger charge is 2.19. The number of aldehydes is 1. The van der Waals surface area contributed by atoms with Crippen LogP contribution in [0, 0.1) is 35.3 Å². The van der Waals surface area contributed by atoms with Crippen LogP contribution in [0.2, 0.25) is 0 Å². The number of aromatic amines is 2. The van der Waals surface area contributed by atoms with E-state index in [2.05, 4.69) is 60.7 Å². The van der Waals surface area contributed by atoms with Gasteiger partial charge < -0.3 is 58.3 Å². The first-order valence-electron chi connectivity index (χ1n) is 36.3. The molecule has 39 nitrogen and oxygen atoms in total. The van der Waals surface area contributed by atoms with Crippen molar-refractivity contribution in [2.24, 2.45) is 33.7 Å². The van der Waals surface area contributed by atoms with Gasteiger partial charge in [-0.05, 0) is 51.3 Å². The second-order valence-electron chi connectivity index (χ2n) is 28.7. The molecule has 674 valence electrons. The Balaban J connectivity index is -0.000000289. The number of phenolic OH excluding ortho intramolecular Hbond substituents is 1. The normalized spacial score (nSPS) is 11.7. The van der Waals surface area contributed by atoms with Crippen LogP contribution in [-0.4, -0.2) is 203 Å². The number of carbonyl (C=O) groups excluding carboxylic acids is 4. The number of nitrogens with one attached hydrogen (secondary N) is 4. The van der Waals surface area contributed by atoms with Crippen molar-refractivity contribution in [3.8, 4) is 11.5 Å². The van der Waals surface area contributed by atoms with E-state index in [1.165, 1.54) is 45.2 Å². The van der Waals surface area contributed by atoms with Gasteiger partial charge >= 0.3 is 35.2 Å². The molecule has 1 aliphatic heterocycles. The number of halogens is 2. The van der Waals surface area contributed by atoms with Gasteiger partial charge in [0.15, 0.2) is 51.9 Å². The molecule has 0 bridgehead atoms. The van der Waals surface area contributed by atoms with Crippen LogP contribution < -0.4 is 21.4 Å². The fourth-order valence-corrected chi connectivity index (χ4v) is 6.71. The second-order valence-corrected chi connectivity index (χ2v) is 37.9. The highest BCUT2D eigenvalue weighted by molar-refractivity contribution is 7.92. The standard InChI is InChI=1S/C9H10F2O.C8H10O3.C7H10N2O.2C7H9NO3.C5H8N2O2.C5H11NO3S.C5H11NO.C5H10O3S.C4H8N4.C4H11O2P.C4H8O2.C3H8O3S/c1-5(2)6-3-7(10)9(12)8(11)4-6;1-5(2)7-3-6(9)4-8(10)11-7;1-5(2)7(10)6-3-8-4-9-6;1-4(2)6-3-5(7(9)10)8-11-6;1-4(2)5-3-8-6(11-5)7(9)10;1-3(2)4-6-7-5(8)9-4;1-4(2)5(7)6-10(3,8)9;1-4(2)5(7)6-3;1-5(2)9(7,8)4-3-6;1-3(2)4-5-7-8-6-4;1-4(2)7(3,5)6;1-3(2)4(5)6;1-3(2)7(4,5)6/h3-5,12H,1-2H3;3-5,9H,1-2H3;4-5H,3H2,1-2H3;2*3-4H,1-2H3,(H,9,10);3H,1-2H3,(H,7,8);4H,1-3H3,(H,6,7);4H,1-3H3,(H,6,7);3,5H,4H2,1-2H3;3H,1-2H3,(H,5,6,7,8);4H,1-3H3,(H,5,6);3H,1-2H3,(H,5,6);3H,1-2H3,(H,4,5,6). The zero-order valence-electron chi connectivity index (χ0n) is 72.3. The number of tetrazole rings is 1. The Labute approximate surface area is 688 Å². The van der Waals surface area contributed by atoms with Crippen LogP contribution in [0.4, 0.5) is 8.78 Å². The number of hydrogen-bond acceptors (Lipinski definition) is 30. The van der Waals surface area contributed by atoms with Gasteiger partial charge in [-0.3, -0.25) is 38.0 Å². The maximum absolute atomic E-state index is 12.7. The molecule has 1 aliphatic rings. The third-order valence-electron chi connectivity index (χ3n) is 13.5. The molecule has 5 aromatic heterocycles. The largest absolute Gasteiger partial charge is 0.508 e. The van der Waals surface area contributed by atoms with Gasteiger partial charge in [-0.1, -0.05) is 163 Å². The number of H-pyrrole nitrogens is 2. The fourth-order valence-electron chi connectivity index (χ4n) is 5.53. The van der Waals surface area contributed by atoms with Crippen molar-refractivity contribution >= 4 is 91.2 Å². The number of sulfonamides is 1. The number of benzene rings is 1. The number of oxazole rings is 1. The Morgan fingerprint density at radius 3 is 1.31 bits per heavy atom. The average Bonchev–Trinajstić information content (AvgIpc) is 1.62. The number of carboxylic acids is 3. The number of ketones is 1. The van der Waals surface area contributed by atoms with E-state index in [9.17, 15) is 81.8 Å². The van der Waals surface area contributed by atoms with Gasteiger partial charge in [0, 0.05) is 78.8 Å². The average molecular weight is 1770 g/mol. The Morgan fingerprint density at radius 2 is 1.10 bits per heavy atom. The van der Waals surface area contributed by atoms with Crippen LogP contribution in [0.1, 0.15) is 271 Å². The summed E-state index contributed by atoms with van der Waals surface area (Å²) in [5, 5.41) is 66.5. The third-order valence-corrected chi connectivity index (χ3v) is 19.2. The zero-order chi connectivity index (χ0) is 94.0. The number of aliphatic carboxylic acids is 1. The smallest absolute Gasteiger partial charge is 0.434 e. The molecule has 0 saturated heterocycles. The van der Waals surface area contributed by atoms with Crippen LogP contribution in [-0.2, 0) is 58.5 Å². The number of phenols is 1. The number of aliphatic imine (C=N–C) groups is 2. The summed E-state index contributed by atoms with van der Waals surface area (Å²) in [6, 6.07) is 6.22. The fraction of sp³-hybridized carbons (Fsp3) is 0.603. The summed E-state index contributed by atoms with van der Waals surface area (Å²) in [5.74, 6) is -3.39. The minimum absolute atomic E-state index is 0.0336. The van der Waals surface area contributed by atoms with Crippen molar-refractivity contribution in [3.05, 3.63) is 115 Å². The van der Waals surface area contributed by atoms with Crippen molar-refractivity contribution in [2.75, 3.05) is 32.3 Å². The van der Waals surface area contributed by atoms with E-state index in [0.717, 1.165) is 30.3 Å². The molecule has 1 atom stereocenters. The van der Waals surface area contributed by atoms with Gasteiger partial charge in [-0.25, -0.2) is 59.9 Å². The first kappa shape index (κ1) is 119. The molecule has 0 radical (unpaired) electrons. The van der Waals surface area contributed by atoms with E-state index in [-0.39, 0.29) is 93.7 Å². The summed E-state index contributed by atoms with van der Waals surface area (Å²) in [6.07, 6.45) is 4.24. The van der Waals surface area contributed by atoms with Crippen molar-refractivity contribution in [2.45, 2.75) is 232 Å². The van der Waals surface area contributed by atoms with Crippen LogP contribution in [0.15, 0.2) is 73.9 Å². The van der Waals surface area contributed by atoms with E-state index in [4.69, 9.17) is 48.3 Å². The number of rotatable bonds is 19. The summed E-state index contributed by atoms with van der Waals surface area (Å²) in [5.41, 5.74) is 0.507. The Morgan fingerprint density at radius 1 is 0.627 bits per heavy atom. The van der Waals surface area contributed by atoms with Crippen molar-refractivity contribution in [3.63, 3.8) is 0 Å². The molecular formula is C73H123F2N12O27PS3. The van der Waals surface area contributed by atoms with Gasteiger partial charge in [-0.2, -0.15) is 13.6 Å². The maximum Gasteiger partial charge on any atom is 0.434 e. The summed E-state index contributed by atoms with van der Waals surface area (Å²) in [6.45, 7) is 48.1. The lowest BCUT2D eigenvalue weighted by Gasteiger charge is -2.06. The first-order valence-corrected chi connectivity index (χ1v) is 43.5. The van der Waals surface area contributed by atoms with E-state index in [0.29, 0.717) is 53.2 Å². The monoisotopic (exact) mass is 1760 g/mol. The molecule has 118 heavy (non-hydrogen) atoms. The first-order chi connectivity index (χ1) is 53.6. The number of aromatic nitrogens is 8. The summed E-state index contributed by atoms with van der Waals surface area (Å²) >= 11 is 0. The van der Waals surface area contributed by atoms with Crippen LogP contribution >= 0.6 is 7.37 Å². The molecule has 1 aromatic carbocycles. The molecule has 0 spiro atoms.